The summed E-state index contributed by atoms with van der Waals surface area (Å²) >= 11 is 0. The first-order valence-electron chi connectivity index (χ1n) is 12.2. The number of hydrogen-bond acceptors (Lipinski definition) is 7. The number of carbonyl (C=O) groups excluding carboxylic acids is 2. The molecule has 0 saturated heterocycles. The Kier molecular flexibility index (Phi) is 8.84. The van der Waals surface area contributed by atoms with Gasteiger partial charge in [-0.05, 0) is 87.6 Å². The highest BCUT2D eigenvalue weighted by atomic mass is 16.2. The van der Waals surface area contributed by atoms with Crippen molar-refractivity contribution in [3.05, 3.63) is 76.8 Å². The maximum atomic E-state index is 12.8. The lowest BCUT2D eigenvalue weighted by Gasteiger charge is -2.13. The van der Waals surface area contributed by atoms with Gasteiger partial charge in [-0.3, -0.25) is 14.6 Å². The summed E-state index contributed by atoms with van der Waals surface area (Å²) in [6, 6.07) is 9.05. The lowest BCUT2D eigenvalue weighted by molar-refractivity contribution is -0.117. The molecule has 1 fully saturated rings. The van der Waals surface area contributed by atoms with E-state index in [0.717, 1.165) is 29.5 Å². The monoisotopic (exact) mass is 501 g/mol. The maximum absolute atomic E-state index is 12.8. The molecule has 9 heteroatoms. The molecule has 0 atom stereocenters. The van der Waals surface area contributed by atoms with Crippen LogP contribution in [0.4, 0.5) is 11.5 Å². The zero-order chi connectivity index (χ0) is 27.1. The number of aliphatic imine (C=N–C) groups is 1. The minimum absolute atomic E-state index is 0.0224. The molecule has 37 heavy (non-hydrogen) atoms. The second-order valence-electron chi connectivity index (χ2n) is 9.37. The normalized spacial score (nSPS) is 15.1. The van der Waals surface area contributed by atoms with E-state index in [1.165, 1.54) is 12.4 Å². The molecule has 2 aromatic rings. The molecule has 1 aliphatic carbocycles. The summed E-state index contributed by atoms with van der Waals surface area (Å²) in [4.78, 5) is 33.5. The number of hydrogen-bond donors (Lipinski definition) is 5. The van der Waals surface area contributed by atoms with E-state index in [1.54, 1.807) is 43.5 Å². The van der Waals surface area contributed by atoms with Crippen LogP contribution in [0, 0.1) is 12.8 Å². The number of anilines is 2. The third-order valence-electron chi connectivity index (χ3n) is 5.76. The SMILES string of the molecule is C/C(N)=C(/C=NC(C)C)C(=O)Nc1ccc(C)c(/C(N)=C/C(=C\N)c2ccnc(NC(=O)C3CC3)c2)c1. The molecule has 1 aromatic carbocycles. The summed E-state index contributed by atoms with van der Waals surface area (Å²) in [7, 11) is 0. The Labute approximate surface area is 217 Å². The molecule has 194 valence electrons. The quantitative estimate of drug-likeness (QED) is 0.200. The minimum atomic E-state index is -0.359. The zero-order valence-corrected chi connectivity index (χ0v) is 21.7. The van der Waals surface area contributed by atoms with Crippen LogP contribution in [-0.2, 0) is 9.59 Å². The van der Waals surface area contributed by atoms with E-state index in [9.17, 15) is 9.59 Å². The van der Waals surface area contributed by atoms with Crippen molar-refractivity contribution in [2.24, 2.45) is 28.1 Å². The predicted molar refractivity (Wildman–Crippen MR) is 150 cm³/mol. The predicted octanol–water partition coefficient (Wildman–Crippen LogP) is 3.69. The van der Waals surface area contributed by atoms with Gasteiger partial charge in [0.2, 0.25) is 5.91 Å². The highest BCUT2D eigenvalue weighted by Gasteiger charge is 2.29. The summed E-state index contributed by atoms with van der Waals surface area (Å²) in [6.45, 7) is 7.42. The molecule has 1 heterocycles. The van der Waals surface area contributed by atoms with Crippen LogP contribution < -0.4 is 27.8 Å². The van der Waals surface area contributed by atoms with Crippen molar-refractivity contribution < 1.29 is 9.59 Å². The molecule has 2 amide bonds. The van der Waals surface area contributed by atoms with E-state index in [4.69, 9.17) is 17.2 Å². The van der Waals surface area contributed by atoms with Gasteiger partial charge in [-0.15, -0.1) is 0 Å². The van der Waals surface area contributed by atoms with Crippen molar-refractivity contribution in [3.8, 4) is 0 Å². The largest absolute Gasteiger partial charge is 0.404 e. The molecular weight excluding hydrogens is 466 g/mol. The highest BCUT2D eigenvalue weighted by molar-refractivity contribution is 6.18. The Morgan fingerprint density at radius 1 is 1.14 bits per heavy atom. The fourth-order valence-corrected chi connectivity index (χ4v) is 3.50. The fraction of sp³-hybridized carbons (Fsp3) is 0.286. The second kappa shape index (κ2) is 12.0. The van der Waals surface area contributed by atoms with E-state index in [-0.39, 0.29) is 23.8 Å². The molecule has 3 rings (SSSR count). The first-order chi connectivity index (χ1) is 17.6. The van der Waals surface area contributed by atoms with E-state index >= 15 is 0 Å². The van der Waals surface area contributed by atoms with Gasteiger partial charge in [-0.1, -0.05) is 6.07 Å². The van der Waals surface area contributed by atoms with E-state index < -0.39 is 0 Å². The van der Waals surface area contributed by atoms with Gasteiger partial charge in [0.25, 0.3) is 5.91 Å². The maximum Gasteiger partial charge on any atom is 0.258 e. The molecule has 8 N–H and O–H groups in total. The van der Waals surface area contributed by atoms with E-state index in [1.807, 2.05) is 26.8 Å². The standard InChI is InChI=1S/C28H35N7O2/c1-16(2)33-15-24(18(4)30)28(37)34-22-8-5-17(3)23(13-22)25(31)11-21(14-29)20-9-10-32-26(12-20)35-27(36)19-6-7-19/h5,8-16,19H,6-7,29-31H2,1-4H3,(H,34,37)(H,32,35,36)/b21-14+,24-18+,25-11-,33-15?. The average Bonchev–Trinajstić information content (AvgIpc) is 3.69. The van der Waals surface area contributed by atoms with Crippen LogP contribution in [0.3, 0.4) is 0 Å². The van der Waals surface area contributed by atoms with Crippen molar-refractivity contribution in [2.75, 3.05) is 10.6 Å². The highest BCUT2D eigenvalue weighted by Crippen LogP contribution is 2.30. The van der Waals surface area contributed by atoms with Crippen LogP contribution in [0.25, 0.3) is 11.3 Å². The Morgan fingerprint density at radius 3 is 2.49 bits per heavy atom. The number of pyridine rings is 1. The average molecular weight is 502 g/mol. The summed E-state index contributed by atoms with van der Waals surface area (Å²) in [5.41, 5.74) is 23.1. The van der Waals surface area contributed by atoms with Crippen molar-refractivity contribution in [3.63, 3.8) is 0 Å². The molecule has 0 radical (unpaired) electrons. The van der Waals surface area contributed by atoms with E-state index in [0.29, 0.717) is 34.0 Å². The first-order valence-corrected chi connectivity index (χ1v) is 12.2. The second-order valence-corrected chi connectivity index (χ2v) is 9.37. The van der Waals surface area contributed by atoms with E-state index in [2.05, 4.69) is 20.6 Å². The van der Waals surface area contributed by atoms with Crippen molar-refractivity contribution >= 4 is 40.8 Å². The van der Waals surface area contributed by atoms with Gasteiger partial charge in [-0.2, -0.15) is 0 Å². The summed E-state index contributed by atoms with van der Waals surface area (Å²) in [5.74, 6) is 0.151. The zero-order valence-electron chi connectivity index (χ0n) is 21.7. The summed E-state index contributed by atoms with van der Waals surface area (Å²) in [5, 5.41) is 5.71. The molecule has 0 bridgehead atoms. The summed E-state index contributed by atoms with van der Waals surface area (Å²) in [6.07, 6.45) is 8.12. The van der Waals surface area contributed by atoms with Crippen LogP contribution in [-0.4, -0.2) is 29.1 Å². The van der Waals surface area contributed by atoms with Crippen molar-refractivity contribution in [1.82, 2.24) is 4.98 Å². The Bertz CT molecular complexity index is 1300. The van der Waals surface area contributed by atoms with Gasteiger partial charge < -0.3 is 27.8 Å². The van der Waals surface area contributed by atoms with Crippen molar-refractivity contribution in [2.45, 2.75) is 46.6 Å². The lowest BCUT2D eigenvalue weighted by Crippen LogP contribution is -2.19. The van der Waals surface area contributed by atoms with Crippen LogP contribution in [0.2, 0.25) is 0 Å². The topological polar surface area (TPSA) is 162 Å². The van der Waals surface area contributed by atoms with Gasteiger partial charge >= 0.3 is 0 Å². The number of amides is 2. The Balaban J connectivity index is 1.83. The number of benzene rings is 1. The number of carbonyl (C=O) groups is 2. The third kappa shape index (κ3) is 7.54. The molecule has 1 saturated carbocycles. The van der Waals surface area contributed by atoms with Crippen molar-refractivity contribution in [1.29, 1.82) is 0 Å². The van der Waals surface area contributed by atoms with Gasteiger partial charge in [0.05, 0.1) is 5.57 Å². The number of aryl methyl sites for hydroxylation is 1. The molecular formula is C28H35N7O2. The molecule has 0 unspecified atom stereocenters. The molecule has 1 aromatic heterocycles. The lowest BCUT2D eigenvalue weighted by atomic mass is 10.0. The Morgan fingerprint density at radius 2 is 1.86 bits per heavy atom. The number of nitrogens with zero attached hydrogens (tertiary/aromatic N) is 2. The van der Waals surface area contributed by atoms with Crippen LogP contribution >= 0.6 is 0 Å². The number of nitrogens with two attached hydrogens (primary N) is 3. The summed E-state index contributed by atoms with van der Waals surface area (Å²) < 4.78 is 0. The van der Waals surface area contributed by atoms with Gasteiger partial charge in [0.15, 0.2) is 0 Å². The number of nitrogens with one attached hydrogen (secondary N) is 2. The van der Waals surface area contributed by atoms with Crippen LogP contribution in [0.15, 0.2) is 65.1 Å². The third-order valence-corrected chi connectivity index (χ3v) is 5.76. The molecule has 0 aliphatic heterocycles. The van der Waals surface area contributed by atoms with Crippen LogP contribution in [0.1, 0.15) is 50.3 Å². The van der Waals surface area contributed by atoms with Crippen LogP contribution in [0.5, 0.6) is 0 Å². The molecule has 9 nitrogen and oxygen atoms in total. The number of aromatic nitrogens is 1. The van der Waals surface area contributed by atoms with Gasteiger partial charge in [-0.25, -0.2) is 4.98 Å². The fourth-order valence-electron chi connectivity index (χ4n) is 3.50. The van der Waals surface area contributed by atoms with Gasteiger partial charge in [0, 0.05) is 53.2 Å². The first kappa shape index (κ1) is 27.2. The smallest absolute Gasteiger partial charge is 0.258 e. The minimum Gasteiger partial charge on any atom is -0.404 e. The number of rotatable bonds is 9. The molecule has 0 spiro atoms. The Hall–Kier alpha value is -4.40. The number of allylic oxidation sites excluding steroid dienone is 3. The van der Waals surface area contributed by atoms with Gasteiger partial charge in [0.1, 0.15) is 5.82 Å². The molecule has 1 aliphatic rings.